The van der Waals surface area contributed by atoms with Crippen molar-refractivity contribution in [3.8, 4) is 6.07 Å². The Hall–Kier alpha value is -1.58. The lowest BCUT2D eigenvalue weighted by Gasteiger charge is -2.02. The fourth-order valence-electron chi connectivity index (χ4n) is 1.07. The quantitative estimate of drug-likeness (QED) is 0.476. The third-order valence-electron chi connectivity index (χ3n) is 1.65. The zero-order valence-electron chi connectivity index (χ0n) is 7.71. The fourth-order valence-corrected chi connectivity index (χ4v) is 1.88. The van der Waals surface area contributed by atoms with Gasteiger partial charge in [-0.1, -0.05) is 6.07 Å². The van der Waals surface area contributed by atoms with Crippen LogP contribution in [0.15, 0.2) is 23.1 Å². The number of benzene rings is 1. The molecule has 0 aliphatic carbocycles. The van der Waals surface area contributed by atoms with E-state index in [9.17, 15) is 10.1 Å². The van der Waals surface area contributed by atoms with Crippen molar-refractivity contribution in [3.63, 3.8) is 0 Å². The summed E-state index contributed by atoms with van der Waals surface area (Å²) >= 11 is 1.16. The molecular formula is C9H8N2O3S. The molecule has 6 heteroatoms. The Bertz CT molecular complexity index is 414. The van der Waals surface area contributed by atoms with Crippen LogP contribution in [0.1, 0.15) is 5.56 Å². The number of nitro groups is 1. The van der Waals surface area contributed by atoms with Gasteiger partial charge < -0.3 is 5.11 Å². The number of aliphatic hydroxyl groups is 1. The van der Waals surface area contributed by atoms with E-state index in [1.807, 2.05) is 0 Å². The van der Waals surface area contributed by atoms with Crippen molar-refractivity contribution in [3.05, 3.63) is 33.9 Å². The molecule has 0 amide bonds. The summed E-state index contributed by atoms with van der Waals surface area (Å²) in [4.78, 5) is 10.6. The van der Waals surface area contributed by atoms with Crippen molar-refractivity contribution < 1.29 is 10.0 Å². The molecule has 15 heavy (non-hydrogen) atoms. The van der Waals surface area contributed by atoms with Gasteiger partial charge in [0.15, 0.2) is 0 Å². The van der Waals surface area contributed by atoms with E-state index in [0.717, 1.165) is 11.8 Å². The highest BCUT2D eigenvalue weighted by atomic mass is 32.2. The average molecular weight is 224 g/mol. The van der Waals surface area contributed by atoms with E-state index in [0.29, 0.717) is 10.6 Å². The molecule has 0 radical (unpaired) electrons. The van der Waals surface area contributed by atoms with E-state index in [-0.39, 0.29) is 17.9 Å². The Morgan fingerprint density at radius 3 is 2.87 bits per heavy atom. The maximum atomic E-state index is 10.7. The second-order valence-electron chi connectivity index (χ2n) is 2.59. The molecule has 0 spiro atoms. The van der Waals surface area contributed by atoms with Crippen molar-refractivity contribution >= 4 is 17.4 Å². The van der Waals surface area contributed by atoms with E-state index in [2.05, 4.69) is 0 Å². The first kappa shape index (κ1) is 11.5. The van der Waals surface area contributed by atoms with Crippen molar-refractivity contribution in [1.29, 1.82) is 5.26 Å². The number of nitriles is 1. The molecular weight excluding hydrogens is 216 g/mol. The van der Waals surface area contributed by atoms with E-state index in [1.54, 1.807) is 18.2 Å². The summed E-state index contributed by atoms with van der Waals surface area (Å²) < 4.78 is 0. The van der Waals surface area contributed by atoms with Gasteiger partial charge in [0.2, 0.25) is 0 Å². The van der Waals surface area contributed by atoms with Gasteiger partial charge in [-0.15, -0.1) is 11.8 Å². The number of nitro benzene ring substituents is 1. The molecule has 0 fully saturated rings. The number of nitrogens with zero attached hydrogens (tertiary/aromatic N) is 2. The molecule has 1 rings (SSSR count). The minimum atomic E-state index is -0.571. The van der Waals surface area contributed by atoms with E-state index in [1.165, 1.54) is 6.07 Å². The third-order valence-corrected chi connectivity index (χ3v) is 2.68. The van der Waals surface area contributed by atoms with Gasteiger partial charge in [-0.25, -0.2) is 0 Å². The molecule has 0 saturated carbocycles. The maximum Gasteiger partial charge on any atom is 0.300 e. The van der Waals surface area contributed by atoms with Gasteiger partial charge in [0.1, 0.15) is 11.6 Å². The van der Waals surface area contributed by atoms with Crippen LogP contribution < -0.4 is 0 Å². The SMILES string of the molecule is N#Cc1cccc(SCCO)c1[N+](=O)[O-]. The Labute approximate surface area is 90.5 Å². The highest BCUT2D eigenvalue weighted by Crippen LogP contribution is 2.31. The predicted molar refractivity (Wildman–Crippen MR) is 55.6 cm³/mol. The van der Waals surface area contributed by atoms with E-state index < -0.39 is 4.92 Å². The van der Waals surface area contributed by atoms with E-state index in [4.69, 9.17) is 10.4 Å². The van der Waals surface area contributed by atoms with Gasteiger partial charge in [0.25, 0.3) is 0 Å². The Kier molecular flexibility index (Phi) is 4.09. The Balaban J connectivity index is 3.15. The van der Waals surface area contributed by atoms with Gasteiger partial charge in [-0.2, -0.15) is 5.26 Å². The number of thioether (sulfide) groups is 1. The molecule has 0 saturated heterocycles. The summed E-state index contributed by atoms with van der Waals surface area (Å²) in [7, 11) is 0. The van der Waals surface area contributed by atoms with Crippen LogP contribution in [0.25, 0.3) is 0 Å². The second kappa shape index (κ2) is 5.34. The van der Waals surface area contributed by atoms with Crippen LogP contribution in [0, 0.1) is 21.4 Å². The first-order chi connectivity index (χ1) is 7.20. The van der Waals surface area contributed by atoms with Gasteiger partial charge in [0.05, 0.1) is 16.4 Å². The van der Waals surface area contributed by atoms with Gasteiger partial charge in [-0.05, 0) is 12.1 Å². The minimum Gasteiger partial charge on any atom is -0.396 e. The summed E-state index contributed by atoms with van der Waals surface area (Å²) in [6.45, 7) is -0.0569. The van der Waals surface area contributed by atoms with Crippen LogP contribution in [0.5, 0.6) is 0 Å². The molecule has 0 bridgehead atoms. The molecule has 0 aromatic heterocycles. The lowest BCUT2D eigenvalue weighted by molar-refractivity contribution is -0.388. The highest BCUT2D eigenvalue weighted by Gasteiger charge is 2.19. The Morgan fingerprint density at radius 1 is 1.60 bits per heavy atom. The molecule has 5 nitrogen and oxygen atoms in total. The summed E-state index contributed by atoms with van der Waals surface area (Å²) in [5, 5.41) is 28.1. The molecule has 0 heterocycles. The summed E-state index contributed by atoms with van der Waals surface area (Å²) in [6.07, 6.45) is 0. The smallest absolute Gasteiger partial charge is 0.300 e. The van der Waals surface area contributed by atoms with Crippen molar-refractivity contribution in [2.24, 2.45) is 0 Å². The summed E-state index contributed by atoms with van der Waals surface area (Å²) in [6, 6.07) is 6.34. The van der Waals surface area contributed by atoms with Crippen LogP contribution in [0.3, 0.4) is 0 Å². The van der Waals surface area contributed by atoms with Crippen LogP contribution in [0.2, 0.25) is 0 Å². The molecule has 1 aromatic carbocycles. The zero-order valence-corrected chi connectivity index (χ0v) is 8.53. The molecule has 0 aliphatic heterocycles. The van der Waals surface area contributed by atoms with Crippen LogP contribution >= 0.6 is 11.8 Å². The van der Waals surface area contributed by atoms with Crippen molar-refractivity contribution in [1.82, 2.24) is 0 Å². The topological polar surface area (TPSA) is 87.2 Å². The first-order valence-corrected chi connectivity index (χ1v) is 5.10. The number of hydrogen-bond donors (Lipinski definition) is 1. The maximum absolute atomic E-state index is 10.7. The third kappa shape index (κ3) is 2.68. The van der Waals surface area contributed by atoms with Crippen LogP contribution in [-0.4, -0.2) is 22.4 Å². The number of para-hydroxylation sites is 1. The van der Waals surface area contributed by atoms with Gasteiger partial charge >= 0.3 is 5.69 Å². The van der Waals surface area contributed by atoms with E-state index >= 15 is 0 Å². The normalized spacial score (nSPS) is 9.60. The van der Waals surface area contributed by atoms with Gasteiger partial charge in [-0.3, -0.25) is 10.1 Å². The highest BCUT2D eigenvalue weighted by molar-refractivity contribution is 7.99. The second-order valence-corrected chi connectivity index (χ2v) is 3.73. The lowest BCUT2D eigenvalue weighted by atomic mass is 10.2. The predicted octanol–water partition coefficient (Wildman–Crippen LogP) is 1.55. The number of aliphatic hydroxyl groups excluding tert-OH is 1. The molecule has 1 N–H and O–H groups in total. The molecule has 0 atom stereocenters. The monoisotopic (exact) mass is 224 g/mol. The van der Waals surface area contributed by atoms with Crippen molar-refractivity contribution in [2.45, 2.75) is 4.90 Å². The number of rotatable bonds is 4. The average Bonchev–Trinajstić information content (AvgIpc) is 2.25. The molecule has 0 aliphatic rings. The number of hydrogen-bond acceptors (Lipinski definition) is 5. The van der Waals surface area contributed by atoms with Crippen LogP contribution in [0.4, 0.5) is 5.69 Å². The molecule has 1 aromatic rings. The van der Waals surface area contributed by atoms with Crippen molar-refractivity contribution in [2.75, 3.05) is 12.4 Å². The Morgan fingerprint density at radius 2 is 2.33 bits per heavy atom. The minimum absolute atomic E-state index is 0.0444. The first-order valence-electron chi connectivity index (χ1n) is 4.12. The van der Waals surface area contributed by atoms with Gasteiger partial charge in [0, 0.05) is 5.75 Å². The summed E-state index contributed by atoms with van der Waals surface area (Å²) in [5.74, 6) is 0.371. The lowest BCUT2D eigenvalue weighted by Crippen LogP contribution is -1.96. The zero-order chi connectivity index (χ0) is 11.3. The molecule has 0 unspecified atom stereocenters. The largest absolute Gasteiger partial charge is 0.396 e. The summed E-state index contributed by atoms with van der Waals surface area (Å²) in [5.41, 5.74) is -0.138. The fraction of sp³-hybridized carbons (Fsp3) is 0.222. The molecule has 78 valence electrons. The van der Waals surface area contributed by atoms with Crippen LogP contribution in [-0.2, 0) is 0 Å². The standard InChI is InChI=1S/C9H8N2O3S/c10-6-7-2-1-3-8(15-5-4-12)9(7)11(13)14/h1-3,12H,4-5H2.